The summed E-state index contributed by atoms with van der Waals surface area (Å²) >= 11 is 0. The maximum absolute atomic E-state index is 3.53. The van der Waals surface area contributed by atoms with E-state index in [1.807, 2.05) is 0 Å². The Morgan fingerprint density at radius 2 is 1.66 bits per heavy atom. The fourth-order valence-corrected chi connectivity index (χ4v) is 6.48. The largest absolute Gasteiger partial charge is 0.361 e. The quantitative estimate of drug-likeness (QED) is 0.648. The normalized spacial score (nSPS) is 21.1. The van der Waals surface area contributed by atoms with Crippen LogP contribution in [0.25, 0.3) is 10.9 Å². The van der Waals surface area contributed by atoms with Gasteiger partial charge in [0.05, 0.1) is 0 Å². The average molecular weight is 396 g/mol. The molecule has 0 aliphatic carbocycles. The van der Waals surface area contributed by atoms with Gasteiger partial charge in [0.25, 0.3) is 0 Å². The Labute approximate surface area is 177 Å². The number of fused-ring (bicyclic) bond motifs is 1. The monoisotopic (exact) mass is 395 g/mol. The lowest BCUT2D eigenvalue weighted by atomic mass is 9.65. The molecular weight excluding hydrogens is 354 g/mol. The van der Waals surface area contributed by atoms with Crippen LogP contribution in [0.15, 0.2) is 30.5 Å². The van der Waals surface area contributed by atoms with Crippen molar-refractivity contribution in [2.75, 3.05) is 32.7 Å². The summed E-state index contributed by atoms with van der Waals surface area (Å²) in [7, 11) is 0. The first-order chi connectivity index (χ1) is 13.8. The molecular formula is C26H41N3. The molecule has 3 nitrogen and oxygen atoms in total. The molecule has 1 aromatic carbocycles. The minimum absolute atomic E-state index is 0.377. The second-order valence-corrected chi connectivity index (χ2v) is 11.2. The summed E-state index contributed by atoms with van der Waals surface area (Å²) in [5, 5.41) is 4.96. The number of benzene rings is 1. The number of hydrogen-bond donors (Lipinski definition) is 2. The molecule has 0 amide bonds. The summed E-state index contributed by atoms with van der Waals surface area (Å²) in [6.07, 6.45) is 8.85. The fraction of sp³-hybridized carbons (Fsp3) is 0.692. The van der Waals surface area contributed by atoms with Gasteiger partial charge in [0, 0.05) is 23.6 Å². The summed E-state index contributed by atoms with van der Waals surface area (Å²) in [6, 6.07) is 8.76. The van der Waals surface area contributed by atoms with Gasteiger partial charge >= 0.3 is 0 Å². The van der Waals surface area contributed by atoms with Crippen LogP contribution in [0.2, 0.25) is 0 Å². The van der Waals surface area contributed by atoms with Gasteiger partial charge in [0.15, 0.2) is 0 Å². The van der Waals surface area contributed by atoms with Crippen LogP contribution in [-0.4, -0.2) is 42.6 Å². The van der Waals surface area contributed by atoms with Crippen LogP contribution in [0.3, 0.4) is 0 Å². The molecule has 0 bridgehead atoms. The Hall–Kier alpha value is -1.32. The van der Waals surface area contributed by atoms with Crippen LogP contribution < -0.4 is 5.32 Å². The summed E-state index contributed by atoms with van der Waals surface area (Å²) in [5.41, 5.74) is 3.63. The number of piperidine rings is 2. The third-order valence-electron chi connectivity index (χ3n) is 7.68. The molecule has 2 N–H and O–H groups in total. The first-order valence-corrected chi connectivity index (χ1v) is 11.8. The number of rotatable bonds is 6. The van der Waals surface area contributed by atoms with E-state index in [0.29, 0.717) is 16.7 Å². The summed E-state index contributed by atoms with van der Waals surface area (Å²) in [6.45, 7) is 16.2. The maximum Gasteiger partial charge on any atom is 0.0456 e. The standard InChI is InChI=1S/C26H41N3/c1-25(2,18-26(3,4)21-9-13-27-14-10-21)19-29-15-11-20(12-16-29)23-17-28-24-8-6-5-7-22(23)24/h5-8,17,20-21,27-28H,9-16,18-19H2,1-4H3. The lowest BCUT2D eigenvalue weighted by Gasteiger charge is -2.45. The fourth-order valence-electron chi connectivity index (χ4n) is 6.48. The third kappa shape index (κ3) is 4.88. The van der Waals surface area contributed by atoms with Crippen LogP contribution in [0.5, 0.6) is 0 Å². The smallest absolute Gasteiger partial charge is 0.0456 e. The van der Waals surface area contributed by atoms with Crippen molar-refractivity contribution in [1.82, 2.24) is 15.2 Å². The Morgan fingerprint density at radius 1 is 0.966 bits per heavy atom. The number of para-hydroxylation sites is 1. The van der Waals surface area contributed by atoms with Crippen LogP contribution in [0, 0.1) is 16.7 Å². The van der Waals surface area contributed by atoms with Gasteiger partial charge < -0.3 is 15.2 Å². The van der Waals surface area contributed by atoms with Gasteiger partial charge in [-0.2, -0.15) is 0 Å². The highest BCUT2D eigenvalue weighted by Gasteiger charge is 2.37. The number of hydrogen-bond acceptors (Lipinski definition) is 2. The van der Waals surface area contributed by atoms with E-state index in [1.54, 1.807) is 0 Å². The lowest BCUT2D eigenvalue weighted by Crippen LogP contribution is -2.43. The number of nitrogens with zero attached hydrogens (tertiary/aromatic N) is 1. The second-order valence-electron chi connectivity index (χ2n) is 11.2. The molecule has 0 radical (unpaired) electrons. The Bertz CT molecular complexity index is 789. The Morgan fingerprint density at radius 3 is 2.38 bits per heavy atom. The minimum Gasteiger partial charge on any atom is -0.361 e. The molecule has 0 unspecified atom stereocenters. The van der Waals surface area contributed by atoms with Gasteiger partial charge in [-0.3, -0.25) is 0 Å². The number of aromatic amines is 1. The molecule has 3 heteroatoms. The molecule has 2 aliphatic heterocycles. The number of likely N-dealkylation sites (tertiary alicyclic amines) is 1. The van der Waals surface area contributed by atoms with Crippen LogP contribution in [0.1, 0.15) is 71.3 Å². The molecule has 29 heavy (non-hydrogen) atoms. The van der Waals surface area contributed by atoms with E-state index < -0.39 is 0 Å². The molecule has 2 saturated heterocycles. The second kappa shape index (κ2) is 8.43. The van der Waals surface area contributed by atoms with Crippen molar-refractivity contribution in [3.05, 3.63) is 36.0 Å². The van der Waals surface area contributed by atoms with Crippen LogP contribution >= 0.6 is 0 Å². The van der Waals surface area contributed by atoms with E-state index in [-0.39, 0.29) is 0 Å². The van der Waals surface area contributed by atoms with E-state index in [4.69, 9.17) is 0 Å². The zero-order valence-electron chi connectivity index (χ0n) is 19.1. The van der Waals surface area contributed by atoms with Crippen LogP contribution in [0.4, 0.5) is 0 Å². The highest BCUT2D eigenvalue weighted by Crippen LogP contribution is 2.43. The van der Waals surface area contributed by atoms with E-state index in [1.165, 1.54) is 81.3 Å². The van der Waals surface area contributed by atoms with Gasteiger partial charge in [-0.05, 0) is 92.6 Å². The molecule has 4 rings (SSSR count). The predicted molar refractivity (Wildman–Crippen MR) is 124 cm³/mol. The SMILES string of the molecule is CC(C)(CN1CCC(c2c[nH]c3ccccc23)CC1)CC(C)(C)C1CCNCC1. The molecule has 2 fully saturated rings. The number of aromatic nitrogens is 1. The van der Waals surface area contributed by atoms with Crippen molar-refractivity contribution < 1.29 is 0 Å². The predicted octanol–water partition coefficient (Wildman–Crippen LogP) is 5.79. The molecule has 0 atom stereocenters. The lowest BCUT2D eigenvalue weighted by molar-refractivity contribution is 0.0627. The zero-order chi connectivity index (χ0) is 20.5. The van der Waals surface area contributed by atoms with Gasteiger partial charge in [-0.25, -0.2) is 0 Å². The molecule has 160 valence electrons. The van der Waals surface area contributed by atoms with Crippen molar-refractivity contribution >= 4 is 10.9 Å². The highest BCUT2D eigenvalue weighted by molar-refractivity contribution is 5.83. The molecule has 0 spiro atoms. The van der Waals surface area contributed by atoms with E-state index in [0.717, 1.165) is 5.92 Å². The van der Waals surface area contributed by atoms with Crippen LogP contribution in [-0.2, 0) is 0 Å². The maximum atomic E-state index is 3.53. The minimum atomic E-state index is 0.377. The summed E-state index contributed by atoms with van der Waals surface area (Å²) < 4.78 is 0. The van der Waals surface area contributed by atoms with E-state index in [2.05, 4.69) is 73.4 Å². The first-order valence-electron chi connectivity index (χ1n) is 11.8. The van der Waals surface area contributed by atoms with Crippen molar-refractivity contribution in [1.29, 1.82) is 0 Å². The highest BCUT2D eigenvalue weighted by atomic mass is 15.1. The topological polar surface area (TPSA) is 31.1 Å². The molecule has 2 aromatic rings. The van der Waals surface area contributed by atoms with E-state index in [9.17, 15) is 0 Å². The molecule has 2 aliphatic rings. The van der Waals surface area contributed by atoms with Gasteiger partial charge in [-0.15, -0.1) is 0 Å². The summed E-state index contributed by atoms with van der Waals surface area (Å²) in [4.78, 5) is 6.21. The first kappa shape index (κ1) is 20.9. The van der Waals surface area contributed by atoms with Gasteiger partial charge in [0.2, 0.25) is 0 Å². The average Bonchev–Trinajstić information content (AvgIpc) is 3.12. The van der Waals surface area contributed by atoms with E-state index >= 15 is 0 Å². The Balaban J connectivity index is 1.32. The molecule has 0 saturated carbocycles. The third-order valence-corrected chi connectivity index (χ3v) is 7.68. The van der Waals surface area contributed by atoms with Crippen molar-refractivity contribution in [2.24, 2.45) is 16.7 Å². The van der Waals surface area contributed by atoms with Gasteiger partial charge in [0.1, 0.15) is 0 Å². The molecule has 3 heterocycles. The number of H-pyrrole nitrogens is 1. The molecule has 1 aromatic heterocycles. The van der Waals surface area contributed by atoms with Gasteiger partial charge in [-0.1, -0.05) is 45.9 Å². The zero-order valence-corrected chi connectivity index (χ0v) is 19.1. The summed E-state index contributed by atoms with van der Waals surface area (Å²) in [5.74, 6) is 1.58. The van der Waals surface area contributed by atoms with Crippen molar-refractivity contribution in [2.45, 2.75) is 65.7 Å². The van der Waals surface area contributed by atoms with Crippen molar-refractivity contribution in [3.8, 4) is 0 Å². The van der Waals surface area contributed by atoms with Crippen molar-refractivity contribution in [3.63, 3.8) is 0 Å². The number of nitrogens with one attached hydrogen (secondary N) is 2. The Kier molecular flexibility index (Phi) is 6.09.